The molecule has 1 saturated carbocycles. The second-order valence-corrected chi connectivity index (χ2v) is 12.9. The Bertz CT molecular complexity index is 1110. The molecular weight excluding hydrogens is 498 g/mol. The summed E-state index contributed by atoms with van der Waals surface area (Å²) in [5.74, 6) is 2.48. The highest BCUT2D eigenvalue weighted by atomic mass is 32.1. The van der Waals surface area contributed by atoms with E-state index in [0.717, 1.165) is 68.0 Å². The minimum Gasteiger partial charge on any atom is -0.416 e. The summed E-state index contributed by atoms with van der Waals surface area (Å²) in [6, 6.07) is 5.36. The van der Waals surface area contributed by atoms with Gasteiger partial charge in [-0.2, -0.15) is 0 Å². The van der Waals surface area contributed by atoms with Gasteiger partial charge in [-0.3, -0.25) is 14.5 Å². The van der Waals surface area contributed by atoms with Gasteiger partial charge in [0.2, 0.25) is 5.91 Å². The van der Waals surface area contributed by atoms with Gasteiger partial charge in [0, 0.05) is 48.3 Å². The highest BCUT2D eigenvalue weighted by Crippen LogP contribution is 2.43. The number of fused-ring (bicyclic) bond motifs is 2. The predicted molar refractivity (Wildman–Crippen MR) is 148 cm³/mol. The van der Waals surface area contributed by atoms with Gasteiger partial charge in [0.1, 0.15) is 11.6 Å². The number of amides is 1. The van der Waals surface area contributed by atoms with E-state index in [9.17, 15) is 9.59 Å². The zero-order valence-corrected chi connectivity index (χ0v) is 24.1. The number of esters is 1. The van der Waals surface area contributed by atoms with Gasteiger partial charge in [-0.05, 0) is 64.0 Å². The molecule has 3 aliphatic rings. The predicted octanol–water partition coefficient (Wildman–Crippen LogP) is 5.69. The van der Waals surface area contributed by atoms with Crippen molar-refractivity contribution in [1.29, 1.82) is 0 Å². The highest BCUT2D eigenvalue weighted by Gasteiger charge is 2.42. The number of ether oxygens (including phenoxy) is 1. The van der Waals surface area contributed by atoms with Gasteiger partial charge in [0.05, 0.1) is 6.04 Å². The molecule has 0 spiro atoms. The minimum atomic E-state index is -0.315. The fourth-order valence-electron chi connectivity index (χ4n) is 6.99. The van der Waals surface area contributed by atoms with E-state index in [1.165, 1.54) is 37.5 Å². The van der Waals surface area contributed by atoms with Crippen LogP contribution in [0.4, 0.5) is 0 Å². The summed E-state index contributed by atoms with van der Waals surface area (Å²) in [4.78, 5) is 28.5. The van der Waals surface area contributed by atoms with Crippen LogP contribution < -0.4 is 10.1 Å². The number of nitrogens with zero attached hydrogens (tertiary/aromatic N) is 4. The Morgan fingerprint density at radius 1 is 1.05 bits per heavy atom. The molecule has 2 aromatic heterocycles. The lowest BCUT2D eigenvalue weighted by atomic mass is 9.88. The molecule has 4 heterocycles. The van der Waals surface area contributed by atoms with Gasteiger partial charge in [-0.1, -0.05) is 33.1 Å². The lowest BCUT2D eigenvalue weighted by molar-refractivity contribution is -0.131. The average Bonchev–Trinajstić information content (AvgIpc) is 3.57. The molecule has 0 radical (unpaired) electrons. The van der Waals surface area contributed by atoms with Crippen molar-refractivity contribution in [1.82, 2.24) is 25.0 Å². The van der Waals surface area contributed by atoms with Gasteiger partial charge < -0.3 is 14.6 Å². The third-order valence-corrected chi connectivity index (χ3v) is 9.87. The summed E-state index contributed by atoms with van der Waals surface area (Å²) < 4.78 is 7.74. The first-order valence-electron chi connectivity index (χ1n) is 14.6. The van der Waals surface area contributed by atoms with Crippen LogP contribution in [-0.2, 0) is 9.59 Å². The number of aryl methyl sites for hydroxylation is 1. The smallest absolute Gasteiger partial charge is 0.308 e. The maximum absolute atomic E-state index is 13.2. The molecule has 8 nitrogen and oxygen atoms in total. The lowest BCUT2D eigenvalue weighted by Gasteiger charge is -2.40. The van der Waals surface area contributed by atoms with Gasteiger partial charge >= 0.3 is 5.97 Å². The topological polar surface area (TPSA) is 89.3 Å². The number of hydrogen-bond donors (Lipinski definition) is 1. The van der Waals surface area contributed by atoms with Crippen LogP contribution >= 0.6 is 11.3 Å². The quantitative estimate of drug-likeness (QED) is 0.410. The van der Waals surface area contributed by atoms with E-state index in [4.69, 9.17) is 4.74 Å². The fraction of sp³-hybridized carbons (Fsp3) is 0.724. The number of nitrogens with one attached hydrogen (secondary N) is 1. The summed E-state index contributed by atoms with van der Waals surface area (Å²) in [6.07, 6.45) is 11.1. The third-order valence-electron chi connectivity index (χ3n) is 8.79. The summed E-state index contributed by atoms with van der Waals surface area (Å²) in [5, 5.41) is 12.9. The first kappa shape index (κ1) is 27.3. The van der Waals surface area contributed by atoms with Crippen molar-refractivity contribution < 1.29 is 14.3 Å². The molecular formula is C29H43N5O3S. The van der Waals surface area contributed by atoms with Crippen LogP contribution in [-0.4, -0.2) is 50.2 Å². The molecule has 5 rings (SSSR count). The van der Waals surface area contributed by atoms with Crippen molar-refractivity contribution in [3.8, 4) is 5.06 Å². The molecule has 3 fully saturated rings. The molecule has 2 aliphatic heterocycles. The summed E-state index contributed by atoms with van der Waals surface area (Å²) >= 11 is 1.47. The Labute approximate surface area is 230 Å². The molecule has 1 aliphatic carbocycles. The third kappa shape index (κ3) is 5.98. The van der Waals surface area contributed by atoms with Gasteiger partial charge in [0.25, 0.3) is 0 Å². The Hall–Kier alpha value is -2.26. The lowest BCUT2D eigenvalue weighted by Crippen LogP contribution is -2.45. The first-order valence-corrected chi connectivity index (χ1v) is 15.4. The molecule has 0 unspecified atom stereocenters. The van der Waals surface area contributed by atoms with Crippen LogP contribution in [0.1, 0.15) is 120 Å². The van der Waals surface area contributed by atoms with E-state index < -0.39 is 0 Å². The van der Waals surface area contributed by atoms with Crippen LogP contribution in [0.25, 0.3) is 0 Å². The van der Waals surface area contributed by atoms with Crippen LogP contribution in [0.5, 0.6) is 5.06 Å². The van der Waals surface area contributed by atoms with Crippen LogP contribution in [0.3, 0.4) is 0 Å². The maximum atomic E-state index is 13.2. The summed E-state index contributed by atoms with van der Waals surface area (Å²) in [6.45, 7) is 8.85. The van der Waals surface area contributed by atoms with E-state index in [-0.39, 0.29) is 23.8 Å². The molecule has 2 bridgehead atoms. The second-order valence-electron chi connectivity index (χ2n) is 11.8. The van der Waals surface area contributed by atoms with E-state index in [1.54, 1.807) is 0 Å². The number of hydrogen-bond acceptors (Lipinski definition) is 7. The maximum Gasteiger partial charge on any atom is 0.308 e. The zero-order chi connectivity index (χ0) is 26.8. The van der Waals surface area contributed by atoms with E-state index >= 15 is 0 Å². The van der Waals surface area contributed by atoms with Crippen molar-refractivity contribution in [2.24, 2.45) is 5.92 Å². The molecule has 2 aromatic rings. The number of carbonyl (C=O) groups excluding carboxylic acids is 2. The first-order chi connectivity index (χ1) is 18.3. The van der Waals surface area contributed by atoms with Crippen LogP contribution in [0.15, 0.2) is 12.1 Å². The molecule has 3 atom stereocenters. The van der Waals surface area contributed by atoms with Crippen molar-refractivity contribution >= 4 is 23.2 Å². The summed E-state index contributed by atoms with van der Waals surface area (Å²) in [5.41, 5.74) is 0. The van der Waals surface area contributed by atoms with E-state index in [2.05, 4.69) is 45.8 Å². The van der Waals surface area contributed by atoms with Gasteiger partial charge in [-0.25, -0.2) is 0 Å². The SMILES string of the molecule is CC(=O)Oc1ccc([C@H](CCN2[C@H]3CC[C@H]2CC(n2c(C)nnc2C(C)C)C3)NC(=O)C2CCCCC2)s1. The normalized spacial score (nSPS) is 25.0. The second kappa shape index (κ2) is 11.9. The number of thiophene rings is 1. The average molecular weight is 542 g/mol. The monoisotopic (exact) mass is 541 g/mol. The largest absolute Gasteiger partial charge is 0.416 e. The minimum absolute atomic E-state index is 0.0662. The number of rotatable bonds is 9. The van der Waals surface area contributed by atoms with E-state index in [1.807, 2.05) is 12.1 Å². The van der Waals surface area contributed by atoms with Crippen molar-refractivity contribution in [3.05, 3.63) is 28.7 Å². The molecule has 0 aromatic carbocycles. The summed E-state index contributed by atoms with van der Waals surface area (Å²) in [7, 11) is 0. The van der Waals surface area contributed by atoms with Crippen molar-refractivity contribution in [2.75, 3.05) is 6.54 Å². The zero-order valence-electron chi connectivity index (χ0n) is 23.3. The fourth-order valence-corrected chi connectivity index (χ4v) is 7.97. The Morgan fingerprint density at radius 3 is 2.42 bits per heavy atom. The number of piperidine rings is 1. The molecule has 1 N–H and O–H groups in total. The van der Waals surface area contributed by atoms with Crippen molar-refractivity contribution in [3.63, 3.8) is 0 Å². The highest BCUT2D eigenvalue weighted by molar-refractivity contribution is 7.14. The number of aromatic nitrogens is 3. The molecule has 38 heavy (non-hydrogen) atoms. The van der Waals surface area contributed by atoms with Crippen LogP contribution in [0, 0.1) is 12.8 Å². The Morgan fingerprint density at radius 2 is 1.76 bits per heavy atom. The standard InChI is InChI=1S/C29H43N5O3S/c1-18(2)28-32-31-19(3)34(28)24-16-22-10-11-23(17-24)33(22)15-14-25(26-12-13-27(38-26)37-20(4)35)30-29(36)21-8-6-5-7-9-21/h12-13,18,21-25H,5-11,14-17H2,1-4H3,(H,30,36)/t22-,23-,25-/m0/s1. The molecule has 9 heteroatoms. The Kier molecular flexibility index (Phi) is 8.53. The molecule has 1 amide bonds. The Balaban J connectivity index is 1.27. The van der Waals surface area contributed by atoms with Gasteiger partial charge in [-0.15, -0.1) is 21.5 Å². The van der Waals surface area contributed by atoms with Crippen LogP contribution in [0.2, 0.25) is 0 Å². The van der Waals surface area contributed by atoms with Crippen molar-refractivity contribution in [2.45, 2.75) is 122 Å². The number of carbonyl (C=O) groups is 2. The molecule has 208 valence electrons. The van der Waals surface area contributed by atoms with Gasteiger partial charge in [0.15, 0.2) is 5.06 Å². The van der Waals surface area contributed by atoms with E-state index in [0.29, 0.717) is 29.1 Å². The molecule has 2 saturated heterocycles.